The number of alkyl halides is 2. The molecule has 0 saturated heterocycles. The van der Waals surface area contributed by atoms with Crippen molar-refractivity contribution in [3.8, 4) is 0 Å². The molecule has 8 heteroatoms. The molecule has 0 aliphatic heterocycles. The van der Waals surface area contributed by atoms with E-state index in [-0.39, 0.29) is 0 Å². The molecule has 0 bridgehead atoms. The molecule has 3 nitrogen and oxygen atoms in total. The molecule has 0 aliphatic rings. The largest absolute Gasteiger partial charge is 0.409 e. The van der Waals surface area contributed by atoms with Crippen molar-refractivity contribution in [1.29, 1.82) is 0 Å². The van der Waals surface area contributed by atoms with Crippen molar-refractivity contribution in [1.82, 2.24) is 0 Å². The van der Waals surface area contributed by atoms with Crippen LogP contribution in [0.3, 0.4) is 0 Å². The lowest BCUT2D eigenvalue weighted by atomic mass is 10.8. The lowest BCUT2D eigenvalue weighted by molar-refractivity contribution is -0.360. The summed E-state index contributed by atoms with van der Waals surface area (Å²) < 4.78 is 47.7. The zero-order valence-corrected chi connectivity index (χ0v) is 4.96. The van der Waals surface area contributed by atoms with E-state index in [0.717, 1.165) is 0 Å². The van der Waals surface area contributed by atoms with Gasteiger partial charge in [-0.25, -0.2) is 0 Å². The van der Waals surface area contributed by atoms with Crippen LogP contribution in [0, 0.1) is 0 Å². The van der Waals surface area contributed by atoms with E-state index in [4.69, 9.17) is 0 Å². The molecule has 0 radical (unpaired) electrons. The van der Waals surface area contributed by atoms with E-state index < -0.39 is 23.3 Å². The predicted octanol–water partition coefficient (Wildman–Crippen LogP) is 1.56. The molecule has 10 heavy (non-hydrogen) atoms. The second kappa shape index (κ2) is 3.74. The average molecular weight is 180 g/mol. The topological polar surface area (TPSA) is 35.5 Å². The van der Waals surface area contributed by atoms with Gasteiger partial charge in [-0.15, -0.1) is 4.33 Å². The molecule has 0 spiro atoms. The smallest absolute Gasteiger partial charge is 0.253 e. The summed E-state index contributed by atoms with van der Waals surface area (Å²) in [6, 6.07) is -2.94. The third kappa shape index (κ3) is 2.99. The fraction of sp³-hybridized carbons (Fsp3) is 0.500. The Morgan fingerprint density at radius 1 is 1.50 bits per heavy atom. The maximum Gasteiger partial charge on any atom is 0.409 e. The van der Waals surface area contributed by atoms with Gasteiger partial charge in [0.15, 0.2) is 0 Å². The van der Waals surface area contributed by atoms with Gasteiger partial charge in [0.2, 0.25) is 0 Å². The van der Waals surface area contributed by atoms with Gasteiger partial charge < -0.3 is 0 Å². The molecular formula is C2F4O3S. The predicted molar refractivity (Wildman–Crippen MR) is 21.9 cm³/mol. The molecule has 0 fully saturated rings. The van der Waals surface area contributed by atoms with Gasteiger partial charge in [-0.2, -0.15) is 13.2 Å². The number of hydrogen-bond acceptors (Lipinski definition) is 4. The first-order chi connectivity index (χ1) is 4.50. The first-order valence-electron chi connectivity index (χ1n) is 1.71. The molecule has 0 N–H and O–H groups in total. The van der Waals surface area contributed by atoms with Crippen molar-refractivity contribution in [3.63, 3.8) is 0 Å². The number of hydrogen-bond donors (Lipinski definition) is 0. The van der Waals surface area contributed by atoms with Crippen molar-refractivity contribution < 1.29 is 31.9 Å². The van der Waals surface area contributed by atoms with Gasteiger partial charge in [0.05, 0.1) is 0 Å². The minimum Gasteiger partial charge on any atom is -0.253 e. The third-order valence-electron chi connectivity index (χ3n) is 0.393. The number of carbonyl (C=O) groups excluding carboxylic acids is 1. The molecule has 0 heterocycles. The summed E-state index contributed by atoms with van der Waals surface area (Å²) in [5, 5.41) is -2.23. The van der Waals surface area contributed by atoms with Crippen LogP contribution in [0.2, 0.25) is 0 Å². The van der Waals surface area contributed by atoms with Crippen molar-refractivity contribution in [2.24, 2.45) is 0 Å². The highest BCUT2D eigenvalue weighted by molar-refractivity contribution is 7.96. The summed E-state index contributed by atoms with van der Waals surface area (Å²) in [7, 11) is 0. The SMILES string of the molecule is O=C(F)C(F)(F)SOOF. The highest BCUT2D eigenvalue weighted by Crippen LogP contribution is 2.31. The molecule has 0 aromatic carbocycles. The van der Waals surface area contributed by atoms with Crippen LogP contribution in [0.4, 0.5) is 17.7 Å². The molecule has 0 atom stereocenters. The molecule has 60 valence electrons. The summed E-state index contributed by atoms with van der Waals surface area (Å²) in [4.78, 5) is 9.28. The van der Waals surface area contributed by atoms with Crippen LogP contribution in [0.25, 0.3) is 0 Å². The summed E-state index contributed by atoms with van der Waals surface area (Å²) >= 11 is -1.07. The number of carbonyl (C=O) groups is 1. The molecule has 0 saturated carbocycles. The minimum absolute atomic E-state index is 1.07. The molecule has 0 amide bonds. The average Bonchev–Trinajstić information content (AvgIpc) is 1.84. The van der Waals surface area contributed by atoms with Crippen LogP contribution in [0.5, 0.6) is 0 Å². The summed E-state index contributed by atoms with van der Waals surface area (Å²) in [6.45, 7) is 0. The van der Waals surface area contributed by atoms with Crippen molar-refractivity contribution in [2.75, 3.05) is 0 Å². The van der Waals surface area contributed by atoms with Gasteiger partial charge in [-0.05, 0) is 9.62 Å². The summed E-state index contributed by atoms with van der Waals surface area (Å²) in [6.07, 6.45) is 0. The maximum absolute atomic E-state index is 11.6. The minimum atomic E-state index is -4.42. The van der Waals surface area contributed by atoms with Crippen LogP contribution in [-0.2, 0) is 14.2 Å². The van der Waals surface area contributed by atoms with Crippen LogP contribution in [0.15, 0.2) is 0 Å². The van der Waals surface area contributed by atoms with E-state index in [1.807, 2.05) is 0 Å². The second-order valence-corrected chi connectivity index (χ2v) is 1.82. The third-order valence-corrected chi connectivity index (χ3v) is 0.883. The molecule has 0 unspecified atom stereocenters. The van der Waals surface area contributed by atoms with Crippen molar-refractivity contribution >= 4 is 18.1 Å². The standard InChI is InChI=1S/C2F4O3S/c3-1(7)2(4,5)10-9-8-6. The van der Waals surface area contributed by atoms with Crippen LogP contribution < -0.4 is 0 Å². The van der Waals surface area contributed by atoms with Gasteiger partial charge in [-0.1, -0.05) is 0 Å². The Balaban J connectivity index is 3.75. The molecule has 0 rings (SSSR count). The normalized spacial score (nSPS) is 11.6. The van der Waals surface area contributed by atoms with E-state index in [1.54, 1.807) is 0 Å². The van der Waals surface area contributed by atoms with Gasteiger partial charge in [0, 0.05) is 0 Å². The number of rotatable bonds is 4. The zero-order valence-electron chi connectivity index (χ0n) is 4.14. The molecular weight excluding hydrogens is 180 g/mol. The van der Waals surface area contributed by atoms with E-state index in [1.165, 1.54) is 0 Å². The highest BCUT2D eigenvalue weighted by Gasteiger charge is 2.42. The Bertz CT molecular complexity index is 128. The van der Waals surface area contributed by atoms with Gasteiger partial charge >= 0.3 is 11.3 Å². The lowest BCUT2D eigenvalue weighted by Crippen LogP contribution is -2.20. The van der Waals surface area contributed by atoms with Gasteiger partial charge in [0.25, 0.3) is 0 Å². The van der Waals surface area contributed by atoms with E-state index in [0.29, 0.717) is 0 Å². The Labute approximate surface area is 56.3 Å². The zero-order chi connectivity index (χ0) is 8.20. The first kappa shape index (κ1) is 9.66. The Kier molecular flexibility index (Phi) is 3.61. The summed E-state index contributed by atoms with van der Waals surface area (Å²) in [5.74, 6) is 0. The van der Waals surface area contributed by atoms with Crippen molar-refractivity contribution in [3.05, 3.63) is 0 Å². The second-order valence-electron chi connectivity index (χ2n) is 1.00. The quantitative estimate of drug-likeness (QED) is 0.216. The van der Waals surface area contributed by atoms with Crippen molar-refractivity contribution in [2.45, 2.75) is 5.25 Å². The van der Waals surface area contributed by atoms with Crippen LogP contribution in [0.1, 0.15) is 0 Å². The fourth-order valence-electron chi connectivity index (χ4n) is 0.0883. The van der Waals surface area contributed by atoms with Gasteiger partial charge in [0.1, 0.15) is 12.0 Å². The van der Waals surface area contributed by atoms with Crippen LogP contribution in [-0.4, -0.2) is 11.3 Å². The highest BCUT2D eigenvalue weighted by atomic mass is 32.2. The molecule has 0 aliphatic carbocycles. The van der Waals surface area contributed by atoms with E-state index in [9.17, 15) is 22.5 Å². The Morgan fingerprint density at radius 3 is 2.30 bits per heavy atom. The maximum atomic E-state index is 11.6. The Morgan fingerprint density at radius 2 is 2.00 bits per heavy atom. The Hall–Kier alpha value is -0.340. The van der Waals surface area contributed by atoms with E-state index in [2.05, 4.69) is 9.43 Å². The lowest BCUT2D eigenvalue weighted by Gasteiger charge is -2.03. The molecule has 0 aromatic rings. The molecule has 0 aromatic heterocycles. The number of halogens is 4. The first-order valence-corrected chi connectivity index (χ1v) is 2.45. The van der Waals surface area contributed by atoms with E-state index >= 15 is 0 Å². The van der Waals surface area contributed by atoms with Crippen LogP contribution >= 0.6 is 12.0 Å². The monoisotopic (exact) mass is 180 g/mol. The van der Waals surface area contributed by atoms with Gasteiger partial charge in [-0.3, -0.25) is 4.79 Å². The fourth-order valence-corrected chi connectivity index (χ4v) is 0.265. The summed E-state index contributed by atoms with van der Waals surface area (Å²) in [5.41, 5.74) is 0.